The Morgan fingerprint density at radius 2 is 1.58 bits per heavy atom. The first-order valence-corrected chi connectivity index (χ1v) is 10.5. The lowest BCUT2D eigenvalue weighted by Gasteiger charge is -2.23. The van der Waals surface area contributed by atoms with Crippen molar-refractivity contribution in [2.75, 3.05) is 12.4 Å². The van der Waals surface area contributed by atoms with Crippen LogP contribution in [0.1, 0.15) is 53.4 Å². The smallest absolute Gasteiger partial charge is 0.255 e. The van der Waals surface area contributed by atoms with E-state index >= 15 is 0 Å². The fraction of sp³-hybridized carbons (Fsp3) is 0.296. The summed E-state index contributed by atoms with van der Waals surface area (Å²) in [7, 11) is 1.62. The number of amides is 1. The standard InChI is InChI=1S/C27H31NO3/c1-18-13-19(2)15-22(14-18)28-26(29)20-11-12-24(30-6)21(16-20)17-31-25-10-8-7-9-23(25)27(3,4)5/h7-16H,17H2,1-6H3,(H,28,29). The molecule has 0 unspecified atom stereocenters. The number of hydrogen-bond donors (Lipinski definition) is 1. The van der Waals surface area contributed by atoms with Crippen molar-refractivity contribution in [3.05, 3.63) is 88.5 Å². The van der Waals surface area contributed by atoms with Crippen molar-refractivity contribution in [3.63, 3.8) is 0 Å². The summed E-state index contributed by atoms with van der Waals surface area (Å²) < 4.78 is 11.7. The van der Waals surface area contributed by atoms with Gasteiger partial charge in [0.05, 0.1) is 7.11 Å². The molecule has 31 heavy (non-hydrogen) atoms. The molecular weight excluding hydrogens is 386 g/mol. The molecule has 4 nitrogen and oxygen atoms in total. The quantitative estimate of drug-likeness (QED) is 0.502. The maximum Gasteiger partial charge on any atom is 0.255 e. The maximum absolute atomic E-state index is 12.9. The molecule has 162 valence electrons. The number of aryl methyl sites for hydroxylation is 2. The molecule has 0 saturated carbocycles. The second-order valence-electron chi connectivity index (χ2n) is 8.89. The van der Waals surface area contributed by atoms with Crippen LogP contribution < -0.4 is 14.8 Å². The van der Waals surface area contributed by atoms with Crippen molar-refractivity contribution >= 4 is 11.6 Å². The number of hydrogen-bond acceptors (Lipinski definition) is 3. The normalized spacial score (nSPS) is 11.2. The van der Waals surface area contributed by atoms with E-state index in [9.17, 15) is 4.79 Å². The molecular formula is C27H31NO3. The Kier molecular flexibility index (Phi) is 6.69. The molecule has 3 aromatic carbocycles. The Morgan fingerprint density at radius 1 is 0.903 bits per heavy atom. The molecule has 0 aliphatic heterocycles. The number of carbonyl (C=O) groups is 1. The predicted octanol–water partition coefficient (Wildman–Crippen LogP) is 6.44. The molecule has 0 aromatic heterocycles. The van der Waals surface area contributed by atoms with E-state index < -0.39 is 0 Å². The van der Waals surface area contributed by atoms with Crippen LogP contribution >= 0.6 is 0 Å². The zero-order valence-corrected chi connectivity index (χ0v) is 19.2. The van der Waals surface area contributed by atoms with E-state index in [2.05, 4.69) is 38.2 Å². The molecule has 0 radical (unpaired) electrons. The van der Waals surface area contributed by atoms with Crippen molar-refractivity contribution in [1.29, 1.82) is 0 Å². The van der Waals surface area contributed by atoms with Crippen molar-refractivity contribution in [2.45, 2.75) is 46.6 Å². The van der Waals surface area contributed by atoms with Crippen molar-refractivity contribution < 1.29 is 14.3 Å². The second-order valence-corrected chi connectivity index (χ2v) is 8.89. The average Bonchev–Trinajstić information content (AvgIpc) is 2.70. The molecule has 0 aliphatic rings. The molecule has 0 bridgehead atoms. The van der Waals surface area contributed by atoms with Gasteiger partial charge in [0.2, 0.25) is 0 Å². The van der Waals surface area contributed by atoms with Gasteiger partial charge in [0.25, 0.3) is 5.91 Å². The highest BCUT2D eigenvalue weighted by Crippen LogP contribution is 2.32. The van der Waals surface area contributed by atoms with Crippen LogP contribution in [0, 0.1) is 13.8 Å². The summed E-state index contributed by atoms with van der Waals surface area (Å²) in [6, 6.07) is 19.5. The first kappa shape index (κ1) is 22.4. The summed E-state index contributed by atoms with van der Waals surface area (Å²) in [5.41, 5.74) is 5.48. The highest BCUT2D eigenvalue weighted by molar-refractivity contribution is 6.04. The molecule has 1 amide bonds. The molecule has 0 atom stereocenters. The number of methoxy groups -OCH3 is 1. The van der Waals surface area contributed by atoms with Gasteiger partial charge in [0, 0.05) is 16.8 Å². The zero-order valence-electron chi connectivity index (χ0n) is 19.2. The Hall–Kier alpha value is -3.27. The van der Waals surface area contributed by atoms with Crippen LogP contribution in [0.5, 0.6) is 11.5 Å². The minimum Gasteiger partial charge on any atom is -0.496 e. The molecule has 1 N–H and O–H groups in total. The van der Waals surface area contributed by atoms with Crippen LogP contribution in [0.4, 0.5) is 5.69 Å². The number of para-hydroxylation sites is 1. The van der Waals surface area contributed by atoms with Crippen molar-refractivity contribution in [2.24, 2.45) is 0 Å². The lowest BCUT2D eigenvalue weighted by Crippen LogP contribution is -2.14. The second kappa shape index (κ2) is 9.25. The molecule has 4 heteroatoms. The molecule has 0 saturated heterocycles. The van der Waals surface area contributed by atoms with Crippen molar-refractivity contribution in [3.8, 4) is 11.5 Å². The molecule has 0 aliphatic carbocycles. The lowest BCUT2D eigenvalue weighted by molar-refractivity contribution is 0.102. The molecule has 0 heterocycles. The first-order chi connectivity index (χ1) is 14.7. The third-order valence-electron chi connectivity index (χ3n) is 5.10. The van der Waals surface area contributed by atoms with Crippen LogP contribution in [0.15, 0.2) is 60.7 Å². The number of carbonyl (C=O) groups excluding carboxylic acids is 1. The summed E-state index contributed by atoms with van der Waals surface area (Å²) in [4.78, 5) is 12.9. The lowest BCUT2D eigenvalue weighted by atomic mass is 9.86. The number of benzene rings is 3. The Morgan fingerprint density at radius 3 is 2.23 bits per heavy atom. The van der Waals surface area contributed by atoms with Crippen LogP contribution in [0.25, 0.3) is 0 Å². The number of anilines is 1. The molecule has 3 aromatic rings. The monoisotopic (exact) mass is 417 g/mol. The SMILES string of the molecule is COc1ccc(C(=O)Nc2cc(C)cc(C)c2)cc1COc1ccccc1C(C)(C)C. The summed E-state index contributed by atoms with van der Waals surface area (Å²) in [6.45, 7) is 10.8. The predicted molar refractivity (Wildman–Crippen MR) is 126 cm³/mol. The van der Waals surface area contributed by atoms with Gasteiger partial charge in [-0.3, -0.25) is 4.79 Å². The number of ether oxygens (including phenoxy) is 2. The highest BCUT2D eigenvalue weighted by Gasteiger charge is 2.19. The van der Waals surface area contributed by atoms with Crippen LogP contribution in [-0.4, -0.2) is 13.0 Å². The minimum absolute atomic E-state index is 0.0334. The van der Waals surface area contributed by atoms with E-state index in [1.165, 1.54) is 0 Å². The van der Waals surface area contributed by atoms with E-state index in [1.807, 2.05) is 56.3 Å². The third-order valence-corrected chi connectivity index (χ3v) is 5.10. The largest absolute Gasteiger partial charge is 0.496 e. The van der Waals surface area contributed by atoms with Crippen LogP contribution in [0.2, 0.25) is 0 Å². The topological polar surface area (TPSA) is 47.6 Å². The third kappa shape index (κ3) is 5.66. The fourth-order valence-electron chi connectivity index (χ4n) is 3.65. The van der Waals surface area contributed by atoms with Gasteiger partial charge in [-0.15, -0.1) is 0 Å². The van der Waals surface area contributed by atoms with Gasteiger partial charge in [-0.1, -0.05) is 45.0 Å². The molecule has 3 rings (SSSR count). The summed E-state index contributed by atoms with van der Waals surface area (Å²) in [5, 5.41) is 2.99. The van der Waals surface area contributed by atoms with E-state index in [1.54, 1.807) is 13.2 Å². The zero-order chi connectivity index (χ0) is 22.6. The van der Waals surface area contributed by atoms with Gasteiger partial charge in [-0.25, -0.2) is 0 Å². The van der Waals surface area contributed by atoms with Gasteiger partial charge in [-0.2, -0.15) is 0 Å². The summed E-state index contributed by atoms with van der Waals surface area (Å²) >= 11 is 0. The highest BCUT2D eigenvalue weighted by atomic mass is 16.5. The number of rotatable bonds is 6. The molecule has 0 fully saturated rings. The average molecular weight is 418 g/mol. The van der Waals surface area contributed by atoms with Crippen LogP contribution in [-0.2, 0) is 12.0 Å². The Balaban J connectivity index is 1.82. The Labute approximate surface area is 185 Å². The van der Waals surface area contributed by atoms with Gasteiger partial charge in [0.1, 0.15) is 18.1 Å². The molecule has 0 spiro atoms. The fourth-order valence-corrected chi connectivity index (χ4v) is 3.65. The van der Waals surface area contributed by atoms with E-state index in [0.29, 0.717) is 17.9 Å². The minimum atomic E-state index is -0.163. The van der Waals surface area contributed by atoms with Crippen molar-refractivity contribution in [1.82, 2.24) is 0 Å². The van der Waals surface area contributed by atoms with Gasteiger partial charge in [-0.05, 0) is 72.4 Å². The summed E-state index contributed by atoms with van der Waals surface area (Å²) in [6.07, 6.45) is 0. The van der Waals surface area contributed by atoms with E-state index in [4.69, 9.17) is 9.47 Å². The maximum atomic E-state index is 12.9. The van der Waals surface area contributed by atoms with Gasteiger partial charge >= 0.3 is 0 Å². The van der Waals surface area contributed by atoms with Gasteiger partial charge < -0.3 is 14.8 Å². The van der Waals surface area contributed by atoms with E-state index in [0.717, 1.165) is 33.7 Å². The first-order valence-electron chi connectivity index (χ1n) is 10.5. The Bertz CT molecular complexity index is 1060. The van der Waals surface area contributed by atoms with E-state index in [-0.39, 0.29) is 11.3 Å². The van der Waals surface area contributed by atoms with Crippen LogP contribution in [0.3, 0.4) is 0 Å². The number of nitrogens with one attached hydrogen (secondary N) is 1. The van der Waals surface area contributed by atoms with Gasteiger partial charge in [0.15, 0.2) is 0 Å². The summed E-state index contributed by atoms with van der Waals surface area (Å²) in [5.74, 6) is 1.36.